The van der Waals surface area contributed by atoms with Crippen LogP contribution in [0, 0.1) is 87.0 Å². The highest BCUT2D eigenvalue weighted by Gasteiger charge is 2.25. The number of carbonyl (C=O) groups is 2. The van der Waals surface area contributed by atoms with Crippen LogP contribution in [0.1, 0.15) is 109 Å². The second kappa shape index (κ2) is 42.3. The molecule has 5 heterocycles. The number of non-ortho nitro benzene ring substituents is 4. The fourth-order valence-corrected chi connectivity index (χ4v) is 12.6. The number of anilines is 2. The number of nitrogens with zero attached hydrogens (tertiary/aromatic N) is 9. The van der Waals surface area contributed by atoms with E-state index in [1.807, 2.05) is 13.0 Å². The third kappa shape index (κ3) is 24.8. The Morgan fingerprint density at radius 1 is 0.480 bits per heavy atom. The number of likely N-dealkylation sites (N-methyl/N-ethyl adjacent to an activating group) is 1. The number of alkyl halides is 1. The minimum atomic E-state index is -1.12. The van der Waals surface area contributed by atoms with Crippen molar-refractivity contribution in [1.29, 1.82) is 0 Å². The normalized spacial score (nSPS) is 13.0. The molecule has 15 rings (SSSR count). The molecule has 0 bridgehead atoms. The van der Waals surface area contributed by atoms with E-state index in [1.165, 1.54) is 70.7 Å². The number of halogens is 9. The number of nitrogen functional groups attached to an aromatic ring is 1. The lowest BCUT2D eigenvalue weighted by atomic mass is 10.1. The molecule has 1 aliphatic heterocycles. The fraction of sp³-hybridized carbons (Fsp3) is 0.214. The summed E-state index contributed by atoms with van der Waals surface area (Å²) in [6.45, 7) is 14.8. The number of fused-ring (bicyclic) bond motifs is 4. The molecule has 4 aromatic heterocycles. The minimum Gasteiger partial charge on any atom is -0.448 e. The smallest absolute Gasteiger partial charge is 0.420 e. The molecule has 0 spiro atoms. The highest BCUT2D eigenvalue weighted by Crippen LogP contribution is 2.32. The lowest BCUT2D eigenvalue weighted by Crippen LogP contribution is -2.45. The van der Waals surface area contributed by atoms with Crippen molar-refractivity contribution in [2.75, 3.05) is 57.4 Å². The molecule has 1 saturated heterocycles. The van der Waals surface area contributed by atoms with Crippen molar-refractivity contribution in [3.63, 3.8) is 0 Å². The zero-order valence-electron chi connectivity index (χ0n) is 66.8. The number of hydrogen-bond acceptors (Lipinski definition) is 23. The summed E-state index contributed by atoms with van der Waals surface area (Å²) >= 11 is 3.34. The number of aliphatic hydroxyl groups excluding tert-OH is 1. The van der Waals surface area contributed by atoms with Crippen LogP contribution in [0.2, 0.25) is 0 Å². The van der Waals surface area contributed by atoms with Gasteiger partial charge in [-0.15, -0.1) is 0 Å². The SMILES string of the molecule is CC(=O)c1cccc([N+](=O)[O-])c1.CC(Br)c1cccc([N+](=O)[O-])c1.CC(O)c1cccc([N+](=O)[O-])c1.CC(c1cccc(N)c1)n1c(=O)oc2cc(F)c(F)cc21.CC(c1cccc(NC(=O)OCCN2CCN(C)CC2)c1)n1c(=O)oc2cc(F)c(F)cc21.CC(c1cccc([N+](=O)[O-])c1)n1c(=O)oc2cc(F)c(F)cc21.O=c1[nH]c2cc(F)c(F)cc2o1. The number of nitrogens with two attached hydrogens (primary N) is 1. The predicted octanol–water partition coefficient (Wildman–Crippen LogP) is 17.6. The van der Waals surface area contributed by atoms with Gasteiger partial charge in [0, 0.05) is 152 Å². The van der Waals surface area contributed by atoms with Crippen molar-refractivity contribution < 1.29 is 91.9 Å². The molecule has 5 unspecified atom stereocenters. The first-order valence-corrected chi connectivity index (χ1v) is 38.2. The van der Waals surface area contributed by atoms with E-state index in [-0.39, 0.29) is 84.4 Å². The Morgan fingerprint density at radius 3 is 1.26 bits per heavy atom. The molecule has 125 heavy (non-hydrogen) atoms. The number of hydrogen-bond donors (Lipinski definition) is 4. The van der Waals surface area contributed by atoms with E-state index in [4.69, 9.17) is 28.8 Å². The molecule has 0 aliphatic carbocycles. The van der Waals surface area contributed by atoms with Crippen molar-refractivity contribution in [2.24, 2.45) is 0 Å². The zero-order valence-corrected chi connectivity index (χ0v) is 68.4. The summed E-state index contributed by atoms with van der Waals surface area (Å²) in [6, 6.07) is 43.1. The van der Waals surface area contributed by atoms with Crippen molar-refractivity contribution in [2.45, 2.75) is 70.6 Å². The van der Waals surface area contributed by atoms with Gasteiger partial charge >= 0.3 is 29.1 Å². The van der Waals surface area contributed by atoms with Crippen LogP contribution in [0.4, 0.5) is 74.0 Å². The first-order chi connectivity index (χ1) is 59.2. The van der Waals surface area contributed by atoms with Gasteiger partial charge in [0.1, 0.15) is 6.61 Å². The Morgan fingerprint density at radius 2 is 0.840 bits per heavy atom. The number of H-pyrrole nitrogens is 1. The molecule has 5 atom stereocenters. The van der Waals surface area contributed by atoms with Crippen LogP contribution in [0.3, 0.4) is 0 Å². The Balaban J connectivity index is 0.000000172. The number of oxazole rings is 4. The Kier molecular flexibility index (Phi) is 31.9. The summed E-state index contributed by atoms with van der Waals surface area (Å²) in [4.78, 5) is 117. The number of piperazine rings is 1. The lowest BCUT2D eigenvalue weighted by molar-refractivity contribution is -0.385. The fourth-order valence-electron chi connectivity index (χ4n) is 12.3. The number of aromatic nitrogens is 4. The summed E-state index contributed by atoms with van der Waals surface area (Å²) in [5.41, 5.74) is 10.9. The standard InChI is InChI=1S/C23H26F2N4O4.C15H10F2N2O4.C15H12F2N2O2.C8H8BrNO2.C8H9NO3.C8H7NO3.C7H3F2NO2/c1-15(29-20-13-18(24)19(25)14-21(20)33-23(29)31)16-4-3-5-17(12-16)26-22(30)32-11-10-28-8-6-27(2)7-9-28;1-8(9-3-2-4-10(5-9)19(21)22)18-13-6-11(16)12(17)7-14(13)23-15(18)20;1-8(9-3-2-4-10(18)5-9)19-13-6-11(16)12(17)7-14(13)21-15(19)20;1-6(9)7-3-2-4-8(5-7)10(11)12;2*1-6(10)7-3-2-4-8(5-7)9(11)12;8-3-1-5-6(2-4(3)9)12-7(11)10-5/h3-5,12-15H,6-11H2,1-2H3,(H,26,30);2-8H,1H3;2-8H,18H2,1H3;2-6H,1H3;2-6,10H,1H3;2-5H,1H3;1-2H,(H,10,11). The monoisotopic (exact) mass is 1800 g/mol. The van der Waals surface area contributed by atoms with Gasteiger partial charge in [-0.2, -0.15) is 0 Å². The van der Waals surface area contributed by atoms with E-state index in [2.05, 4.69) is 47.5 Å². The van der Waals surface area contributed by atoms with Crippen molar-refractivity contribution >= 4 is 106 Å². The second-order valence-electron chi connectivity index (χ2n) is 27.6. The molecule has 10 aromatic carbocycles. The molecule has 654 valence electrons. The number of amides is 1. The van der Waals surface area contributed by atoms with Crippen molar-refractivity contribution in [3.8, 4) is 0 Å². The number of ether oxygens (including phenoxy) is 1. The average molecular weight is 1800 g/mol. The first-order valence-electron chi connectivity index (χ1n) is 37.3. The third-order valence-corrected chi connectivity index (χ3v) is 19.5. The van der Waals surface area contributed by atoms with Crippen LogP contribution in [0.15, 0.2) is 231 Å². The predicted molar refractivity (Wildman–Crippen MR) is 446 cm³/mol. The van der Waals surface area contributed by atoms with E-state index in [9.17, 15) is 104 Å². The number of nitro groups is 4. The van der Waals surface area contributed by atoms with Gasteiger partial charge in [0.15, 0.2) is 74.7 Å². The van der Waals surface area contributed by atoms with Crippen LogP contribution in [-0.4, -0.2) is 112 Å². The number of rotatable bonds is 17. The maximum atomic E-state index is 13.8. The Labute approximate surface area is 708 Å². The van der Waals surface area contributed by atoms with Crippen LogP contribution >= 0.6 is 15.9 Å². The number of aromatic amines is 1. The summed E-state index contributed by atoms with van der Waals surface area (Å²) < 4.78 is 134. The topological polar surface area (TPSA) is 432 Å². The molecule has 32 nitrogen and oxygen atoms in total. The maximum absolute atomic E-state index is 13.8. The van der Waals surface area contributed by atoms with E-state index >= 15 is 0 Å². The number of Topliss-reactive ketones (excluding diaryl/α,β-unsaturated/α-hetero) is 1. The van der Waals surface area contributed by atoms with Gasteiger partial charge in [0.25, 0.3) is 22.7 Å². The van der Waals surface area contributed by atoms with Gasteiger partial charge in [-0.05, 0) is 101 Å². The average Bonchev–Trinajstić information content (AvgIpc) is 1.64. The van der Waals surface area contributed by atoms with E-state index < -0.39 is 120 Å². The lowest BCUT2D eigenvalue weighted by Gasteiger charge is -2.31. The van der Waals surface area contributed by atoms with E-state index in [1.54, 1.807) is 113 Å². The summed E-state index contributed by atoms with van der Waals surface area (Å²) in [7, 11) is 2.08. The van der Waals surface area contributed by atoms with Crippen LogP contribution in [0.5, 0.6) is 0 Å². The molecule has 1 fully saturated rings. The molecule has 1 aliphatic rings. The third-order valence-electron chi connectivity index (χ3n) is 19.0. The quantitative estimate of drug-likeness (QED) is 0.0164. The summed E-state index contributed by atoms with van der Waals surface area (Å²) in [6.07, 6.45) is -1.23. The van der Waals surface area contributed by atoms with Gasteiger partial charge in [-0.3, -0.25) is 74.2 Å². The number of nitrogens with one attached hydrogen (secondary N) is 2. The zero-order chi connectivity index (χ0) is 91.5. The number of benzene rings is 10. The first kappa shape index (κ1) is 94.3. The van der Waals surface area contributed by atoms with Crippen LogP contribution in [-0.2, 0) is 4.74 Å². The molecule has 0 saturated carbocycles. The van der Waals surface area contributed by atoms with E-state index in [0.29, 0.717) is 40.2 Å². The molecule has 1 amide bonds. The molecular weight excluding hydrogens is 1730 g/mol. The number of nitro benzene ring substituents is 4. The van der Waals surface area contributed by atoms with Crippen LogP contribution in [0.25, 0.3) is 44.4 Å². The highest BCUT2D eigenvalue weighted by molar-refractivity contribution is 9.09. The number of carbonyl (C=O) groups excluding carboxylic acids is 2. The number of ketones is 1. The van der Waals surface area contributed by atoms with Crippen molar-refractivity contribution in [3.05, 3.63) is 357 Å². The van der Waals surface area contributed by atoms with Gasteiger partial charge in [-0.25, -0.2) is 59.1 Å². The van der Waals surface area contributed by atoms with Crippen molar-refractivity contribution in [1.82, 2.24) is 28.5 Å². The van der Waals surface area contributed by atoms with Gasteiger partial charge in [-0.1, -0.05) is 88.7 Å². The van der Waals surface area contributed by atoms with Gasteiger partial charge < -0.3 is 38.1 Å². The van der Waals surface area contributed by atoms with Crippen LogP contribution < -0.4 is 34.1 Å². The highest BCUT2D eigenvalue weighted by atomic mass is 79.9. The van der Waals surface area contributed by atoms with Gasteiger partial charge in [0.2, 0.25) is 0 Å². The Bertz CT molecular complexity index is 6430. The molecule has 0 radical (unpaired) electrons. The molecular formula is C84H75BrF8N12O20. The molecule has 14 aromatic rings. The number of aliphatic hydroxyl groups is 1. The van der Waals surface area contributed by atoms with E-state index in [0.717, 1.165) is 90.4 Å². The summed E-state index contributed by atoms with van der Waals surface area (Å²) in [5.74, 6) is -11.6. The molecule has 5 N–H and O–H groups in total. The second-order valence-corrected chi connectivity index (χ2v) is 29.0. The Hall–Kier alpha value is -14.6. The molecule has 41 heteroatoms. The largest absolute Gasteiger partial charge is 0.448 e. The summed E-state index contributed by atoms with van der Waals surface area (Å²) in [5, 5.41) is 53.6. The minimum absolute atomic E-state index is 0.00778. The van der Waals surface area contributed by atoms with Gasteiger partial charge in [0.05, 0.1) is 66.0 Å². The maximum Gasteiger partial charge on any atom is 0.420 e.